The van der Waals surface area contributed by atoms with Crippen LogP contribution in [0, 0.1) is 0 Å². The van der Waals surface area contributed by atoms with Crippen molar-refractivity contribution in [3.05, 3.63) is 41.9 Å². The number of aromatic nitrogens is 2. The Morgan fingerprint density at radius 1 is 1.40 bits per heavy atom. The average Bonchev–Trinajstić information content (AvgIpc) is 3.23. The van der Waals surface area contributed by atoms with E-state index >= 15 is 0 Å². The fraction of sp³-hybridized carbons (Fsp3) is 0.500. The van der Waals surface area contributed by atoms with Gasteiger partial charge in [-0.3, -0.25) is 9.59 Å². The zero-order chi connectivity index (χ0) is 17.8. The molecule has 134 valence electrons. The standard InChI is InChI=1S/C18H24N4O3/c1-3-5-17(24)22-8-7-21-12-14(20-18(21)13(22)2)10-16(23)19-11-15-6-4-9-25-15/h4,6,9,12-13H,3,5,7-8,10-11H2,1-2H3,(H,19,23)/t13-/m0/s1. The van der Waals surface area contributed by atoms with Gasteiger partial charge in [0.1, 0.15) is 11.6 Å². The summed E-state index contributed by atoms with van der Waals surface area (Å²) in [4.78, 5) is 30.8. The van der Waals surface area contributed by atoms with E-state index in [-0.39, 0.29) is 24.3 Å². The maximum atomic E-state index is 12.2. The molecule has 0 spiro atoms. The lowest BCUT2D eigenvalue weighted by atomic mass is 10.2. The number of carbonyl (C=O) groups is 2. The minimum Gasteiger partial charge on any atom is -0.467 e. The van der Waals surface area contributed by atoms with Gasteiger partial charge in [-0.25, -0.2) is 4.98 Å². The summed E-state index contributed by atoms with van der Waals surface area (Å²) in [7, 11) is 0. The third-order valence-corrected chi connectivity index (χ3v) is 4.45. The third-order valence-electron chi connectivity index (χ3n) is 4.45. The number of rotatable bonds is 6. The zero-order valence-electron chi connectivity index (χ0n) is 14.7. The highest BCUT2D eigenvalue weighted by atomic mass is 16.3. The Morgan fingerprint density at radius 3 is 2.96 bits per heavy atom. The van der Waals surface area contributed by atoms with Crippen LogP contribution in [0.3, 0.4) is 0 Å². The van der Waals surface area contributed by atoms with Gasteiger partial charge in [-0.15, -0.1) is 0 Å². The molecule has 25 heavy (non-hydrogen) atoms. The summed E-state index contributed by atoms with van der Waals surface area (Å²) in [5.41, 5.74) is 0.726. The number of amides is 2. The van der Waals surface area contributed by atoms with Gasteiger partial charge >= 0.3 is 0 Å². The van der Waals surface area contributed by atoms with Gasteiger partial charge in [0.15, 0.2) is 0 Å². The summed E-state index contributed by atoms with van der Waals surface area (Å²) in [5.74, 6) is 1.64. The minimum atomic E-state index is -0.0987. The SMILES string of the molecule is CCCC(=O)N1CCn2cc(CC(=O)NCc3ccco3)nc2[C@@H]1C. The molecule has 0 saturated carbocycles. The Bertz CT molecular complexity index is 736. The summed E-state index contributed by atoms with van der Waals surface area (Å²) in [6.07, 6.45) is 5.12. The normalized spacial score (nSPS) is 16.6. The van der Waals surface area contributed by atoms with Crippen LogP contribution in [0.4, 0.5) is 0 Å². The molecular weight excluding hydrogens is 320 g/mol. The van der Waals surface area contributed by atoms with Crippen LogP contribution in [0.1, 0.15) is 50.0 Å². The predicted molar refractivity (Wildman–Crippen MR) is 91.5 cm³/mol. The number of hydrogen-bond acceptors (Lipinski definition) is 4. The fourth-order valence-corrected chi connectivity index (χ4v) is 3.16. The topological polar surface area (TPSA) is 80.4 Å². The minimum absolute atomic E-state index is 0.0623. The second kappa shape index (κ2) is 7.55. The quantitative estimate of drug-likeness (QED) is 0.869. The predicted octanol–water partition coefficient (Wildman–Crippen LogP) is 2.04. The van der Waals surface area contributed by atoms with E-state index < -0.39 is 0 Å². The van der Waals surface area contributed by atoms with Crippen molar-refractivity contribution in [3.8, 4) is 0 Å². The fourth-order valence-electron chi connectivity index (χ4n) is 3.16. The maximum absolute atomic E-state index is 12.2. The van der Waals surface area contributed by atoms with Crippen LogP contribution >= 0.6 is 0 Å². The maximum Gasteiger partial charge on any atom is 0.226 e. The van der Waals surface area contributed by atoms with Crippen molar-refractivity contribution in [2.24, 2.45) is 0 Å². The monoisotopic (exact) mass is 344 g/mol. The number of furan rings is 1. The lowest BCUT2D eigenvalue weighted by molar-refractivity contribution is -0.134. The van der Waals surface area contributed by atoms with Crippen LogP contribution in [-0.2, 0) is 29.1 Å². The summed E-state index contributed by atoms with van der Waals surface area (Å²) < 4.78 is 7.25. The highest BCUT2D eigenvalue weighted by Crippen LogP contribution is 2.25. The highest BCUT2D eigenvalue weighted by molar-refractivity contribution is 5.78. The van der Waals surface area contributed by atoms with Crippen LogP contribution in [0.25, 0.3) is 0 Å². The Morgan fingerprint density at radius 2 is 2.24 bits per heavy atom. The molecule has 7 nitrogen and oxygen atoms in total. The molecule has 2 aromatic rings. The molecule has 2 amide bonds. The van der Waals surface area contributed by atoms with Gasteiger partial charge in [-0.05, 0) is 25.5 Å². The summed E-state index contributed by atoms with van der Waals surface area (Å²) in [6, 6.07) is 3.55. The van der Waals surface area contributed by atoms with E-state index in [1.54, 1.807) is 12.3 Å². The number of nitrogens with one attached hydrogen (secondary N) is 1. The van der Waals surface area contributed by atoms with E-state index in [1.165, 1.54) is 0 Å². The molecule has 7 heteroatoms. The number of hydrogen-bond donors (Lipinski definition) is 1. The van der Waals surface area contributed by atoms with Gasteiger partial charge in [0.05, 0.1) is 31.0 Å². The smallest absolute Gasteiger partial charge is 0.226 e. The van der Waals surface area contributed by atoms with Gasteiger partial charge in [0.25, 0.3) is 0 Å². The molecule has 0 aromatic carbocycles. The molecule has 3 heterocycles. The van der Waals surface area contributed by atoms with Gasteiger partial charge in [0.2, 0.25) is 11.8 Å². The van der Waals surface area contributed by atoms with Crippen molar-refractivity contribution in [2.45, 2.75) is 52.2 Å². The lowest BCUT2D eigenvalue weighted by Crippen LogP contribution is -2.40. The van der Waals surface area contributed by atoms with E-state index in [9.17, 15) is 9.59 Å². The molecule has 0 fully saturated rings. The summed E-state index contributed by atoms with van der Waals surface area (Å²) >= 11 is 0. The highest BCUT2D eigenvalue weighted by Gasteiger charge is 2.29. The van der Waals surface area contributed by atoms with Crippen molar-refractivity contribution >= 4 is 11.8 Å². The molecule has 0 radical (unpaired) electrons. The second-order valence-corrected chi connectivity index (χ2v) is 6.33. The van der Waals surface area contributed by atoms with Crippen LogP contribution in [0.15, 0.2) is 29.0 Å². The van der Waals surface area contributed by atoms with Crippen molar-refractivity contribution in [1.29, 1.82) is 0 Å². The Labute approximate surface area is 147 Å². The molecule has 0 bridgehead atoms. The molecule has 1 atom stereocenters. The first-order valence-corrected chi connectivity index (χ1v) is 8.73. The van der Waals surface area contributed by atoms with Crippen molar-refractivity contribution in [2.75, 3.05) is 6.54 Å². The Kier molecular flexibility index (Phi) is 5.21. The zero-order valence-corrected chi connectivity index (χ0v) is 14.7. The van der Waals surface area contributed by atoms with Crippen molar-refractivity contribution in [3.63, 3.8) is 0 Å². The molecule has 1 aliphatic rings. The van der Waals surface area contributed by atoms with E-state index in [1.807, 2.05) is 31.0 Å². The van der Waals surface area contributed by atoms with E-state index in [4.69, 9.17) is 4.42 Å². The molecule has 0 unspecified atom stereocenters. The van der Waals surface area contributed by atoms with Crippen LogP contribution in [0.2, 0.25) is 0 Å². The molecule has 1 N–H and O–H groups in total. The Hall–Kier alpha value is -2.57. The first-order chi connectivity index (χ1) is 12.1. The third kappa shape index (κ3) is 3.92. The molecule has 0 aliphatic carbocycles. The van der Waals surface area contributed by atoms with Crippen molar-refractivity contribution < 1.29 is 14.0 Å². The lowest BCUT2D eigenvalue weighted by Gasteiger charge is -2.33. The number of nitrogens with zero attached hydrogens (tertiary/aromatic N) is 3. The van der Waals surface area contributed by atoms with Gasteiger partial charge in [-0.2, -0.15) is 0 Å². The first-order valence-electron chi connectivity index (χ1n) is 8.73. The molecule has 1 aliphatic heterocycles. The van der Waals surface area contributed by atoms with Crippen molar-refractivity contribution in [1.82, 2.24) is 19.8 Å². The van der Waals surface area contributed by atoms with Gasteiger partial charge in [0, 0.05) is 25.7 Å². The molecular formula is C18H24N4O3. The van der Waals surface area contributed by atoms with Gasteiger partial charge in [-0.1, -0.05) is 6.92 Å². The van der Waals surface area contributed by atoms with E-state index in [0.29, 0.717) is 19.5 Å². The van der Waals surface area contributed by atoms with E-state index in [2.05, 4.69) is 14.9 Å². The summed E-state index contributed by atoms with van der Waals surface area (Å²) in [5, 5.41) is 2.82. The number of imidazole rings is 1. The van der Waals surface area contributed by atoms with Crippen LogP contribution in [-0.4, -0.2) is 32.8 Å². The number of fused-ring (bicyclic) bond motifs is 1. The number of carbonyl (C=O) groups excluding carboxylic acids is 2. The second-order valence-electron chi connectivity index (χ2n) is 6.33. The van der Waals surface area contributed by atoms with Crippen LogP contribution < -0.4 is 5.32 Å². The largest absolute Gasteiger partial charge is 0.467 e. The molecule has 0 saturated heterocycles. The van der Waals surface area contributed by atoms with Gasteiger partial charge < -0.3 is 19.2 Å². The average molecular weight is 344 g/mol. The Balaban J connectivity index is 1.61. The molecule has 2 aromatic heterocycles. The first kappa shape index (κ1) is 17.3. The molecule has 3 rings (SSSR count). The van der Waals surface area contributed by atoms with Crippen LogP contribution in [0.5, 0.6) is 0 Å². The van der Waals surface area contributed by atoms with E-state index in [0.717, 1.165) is 30.2 Å². The summed E-state index contributed by atoms with van der Waals surface area (Å²) in [6.45, 7) is 5.78.